The van der Waals surface area contributed by atoms with Gasteiger partial charge in [0.1, 0.15) is 0 Å². The minimum absolute atomic E-state index is 0.240. The van der Waals surface area contributed by atoms with E-state index in [-0.39, 0.29) is 5.92 Å². The van der Waals surface area contributed by atoms with E-state index in [4.69, 9.17) is 5.73 Å². The van der Waals surface area contributed by atoms with Crippen LogP contribution in [-0.4, -0.2) is 44.5 Å². The van der Waals surface area contributed by atoms with E-state index in [2.05, 4.69) is 5.32 Å². The van der Waals surface area contributed by atoms with Gasteiger partial charge < -0.3 is 16.0 Å². The zero-order valence-electron chi connectivity index (χ0n) is 10.5. The van der Waals surface area contributed by atoms with Gasteiger partial charge in [-0.15, -0.1) is 0 Å². The second-order valence-corrected chi connectivity index (χ2v) is 4.82. The highest BCUT2D eigenvalue weighted by Gasteiger charge is 2.27. The van der Waals surface area contributed by atoms with Crippen molar-refractivity contribution >= 4 is 5.91 Å². The zero-order valence-corrected chi connectivity index (χ0v) is 10.5. The molecule has 0 aliphatic heterocycles. The monoisotopic (exact) mass is 227 g/mol. The average molecular weight is 227 g/mol. The molecule has 4 heteroatoms. The summed E-state index contributed by atoms with van der Waals surface area (Å²) in [4.78, 5) is 13.9. The van der Waals surface area contributed by atoms with E-state index >= 15 is 0 Å². The van der Waals surface area contributed by atoms with Crippen molar-refractivity contribution in [2.45, 2.75) is 25.7 Å². The number of hydrogen-bond acceptors (Lipinski definition) is 3. The van der Waals surface area contributed by atoms with Crippen LogP contribution in [0.5, 0.6) is 0 Å². The van der Waals surface area contributed by atoms with Crippen molar-refractivity contribution in [2.75, 3.05) is 33.7 Å². The van der Waals surface area contributed by atoms with Crippen molar-refractivity contribution in [2.24, 2.45) is 17.6 Å². The standard InChI is InChI=1S/C12H25N3O/c1-14-7-8-15(2)12(16)11-5-3-10(9-13)4-6-11/h10-11,14H,3-9,13H2,1-2H3. The van der Waals surface area contributed by atoms with Gasteiger partial charge in [0.15, 0.2) is 0 Å². The lowest BCUT2D eigenvalue weighted by Crippen LogP contribution is -2.38. The predicted octanol–water partition coefficient (Wildman–Crippen LogP) is 0.429. The lowest BCUT2D eigenvalue weighted by Gasteiger charge is -2.30. The second-order valence-electron chi connectivity index (χ2n) is 4.82. The number of nitrogens with zero attached hydrogens (tertiary/aromatic N) is 1. The highest BCUT2D eigenvalue weighted by molar-refractivity contribution is 5.78. The van der Waals surface area contributed by atoms with Gasteiger partial charge in [0.25, 0.3) is 0 Å². The molecule has 0 atom stereocenters. The Morgan fingerprint density at radius 2 is 2.00 bits per heavy atom. The van der Waals surface area contributed by atoms with Crippen molar-refractivity contribution in [1.29, 1.82) is 0 Å². The van der Waals surface area contributed by atoms with Crippen LogP contribution in [0.15, 0.2) is 0 Å². The molecule has 0 aromatic carbocycles. The van der Waals surface area contributed by atoms with Crippen molar-refractivity contribution in [3.8, 4) is 0 Å². The molecule has 0 heterocycles. The number of carbonyl (C=O) groups is 1. The third-order valence-electron chi connectivity index (χ3n) is 3.60. The first kappa shape index (κ1) is 13.5. The number of amides is 1. The molecule has 0 aromatic heterocycles. The zero-order chi connectivity index (χ0) is 12.0. The SMILES string of the molecule is CNCCN(C)C(=O)C1CCC(CN)CC1. The van der Waals surface area contributed by atoms with E-state index in [0.29, 0.717) is 11.8 Å². The first-order valence-electron chi connectivity index (χ1n) is 6.28. The third kappa shape index (κ3) is 3.76. The fourth-order valence-electron chi connectivity index (χ4n) is 2.35. The van der Waals surface area contributed by atoms with Gasteiger partial charge >= 0.3 is 0 Å². The van der Waals surface area contributed by atoms with Gasteiger partial charge in [0.2, 0.25) is 5.91 Å². The van der Waals surface area contributed by atoms with Crippen LogP contribution in [0.1, 0.15) is 25.7 Å². The molecular formula is C12H25N3O. The average Bonchev–Trinajstić information content (AvgIpc) is 2.35. The van der Waals surface area contributed by atoms with Crippen LogP contribution in [0, 0.1) is 11.8 Å². The van der Waals surface area contributed by atoms with Gasteiger partial charge in [-0.2, -0.15) is 0 Å². The first-order chi connectivity index (χ1) is 7.69. The predicted molar refractivity (Wildman–Crippen MR) is 66.1 cm³/mol. The molecule has 3 N–H and O–H groups in total. The fraction of sp³-hybridized carbons (Fsp3) is 0.917. The Morgan fingerprint density at radius 1 is 1.38 bits per heavy atom. The van der Waals surface area contributed by atoms with Crippen molar-refractivity contribution in [1.82, 2.24) is 10.2 Å². The fourth-order valence-corrected chi connectivity index (χ4v) is 2.35. The highest BCUT2D eigenvalue weighted by atomic mass is 16.2. The molecule has 16 heavy (non-hydrogen) atoms. The largest absolute Gasteiger partial charge is 0.344 e. The lowest BCUT2D eigenvalue weighted by atomic mass is 9.81. The van der Waals surface area contributed by atoms with Gasteiger partial charge in [-0.25, -0.2) is 0 Å². The highest BCUT2D eigenvalue weighted by Crippen LogP contribution is 2.29. The molecule has 1 fully saturated rings. The quantitative estimate of drug-likeness (QED) is 0.716. The summed E-state index contributed by atoms with van der Waals surface area (Å²) in [5.41, 5.74) is 5.65. The molecule has 1 aliphatic rings. The van der Waals surface area contributed by atoms with E-state index in [1.54, 1.807) is 0 Å². The van der Waals surface area contributed by atoms with Crippen LogP contribution in [0.2, 0.25) is 0 Å². The lowest BCUT2D eigenvalue weighted by molar-refractivity contribution is -0.135. The summed E-state index contributed by atoms with van der Waals surface area (Å²) in [6.07, 6.45) is 4.27. The number of rotatable bonds is 5. The number of carbonyl (C=O) groups excluding carboxylic acids is 1. The van der Waals surface area contributed by atoms with E-state index in [9.17, 15) is 4.79 Å². The summed E-state index contributed by atoms with van der Waals surface area (Å²) < 4.78 is 0. The molecule has 4 nitrogen and oxygen atoms in total. The molecule has 0 spiro atoms. The Labute approximate surface area is 98.6 Å². The molecule has 0 bridgehead atoms. The van der Waals surface area contributed by atoms with Gasteiger partial charge in [-0.05, 0) is 45.2 Å². The summed E-state index contributed by atoms with van der Waals surface area (Å²) in [7, 11) is 3.81. The molecular weight excluding hydrogens is 202 g/mol. The van der Waals surface area contributed by atoms with Crippen LogP contribution in [-0.2, 0) is 4.79 Å². The van der Waals surface area contributed by atoms with Gasteiger partial charge in [-0.1, -0.05) is 0 Å². The molecule has 0 aromatic rings. The summed E-state index contributed by atoms with van der Waals surface area (Å²) in [5, 5.41) is 3.06. The summed E-state index contributed by atoms with van der Waals surface area (Å²) in [6.45, 7) is 2.43. The molecule has 0 saturated heterocycles. The number of nitrogens with two attached hydrogens (primary N) is 1. The molecule has 1 rings (SSSR count). The molecule has 0 radical (unpaired) electrons. The van der Waals surface area contributed by atoms with Crippen molar-refractivity contribution in [3.05, 3.63) is 0 Å². The summed E-state index contributed by atoms with van der Waals surface area (Å²) in [5.74, 6) is 1.20. The molecule has 94 valence electrons. The molecule has 1 amide bonds. The van der Waals surface area contributed by atoms with Crippen LogP contribution < -0.4 is 11.1 Å². The van der Waals surface area contributed by atoms with Crippen LogP contribution >= 0.6 is 0 Å². The van der Waals surface area contributed by atoms with Crippen molar-refractivity contribution in [3.63, 3.8) is 0 Å². The van der Waals surface area contributed by atoms with Gasteiger partial charge in [0.05, 0.1) is 0 Å². The van der Waals surface area contributed by atoms with Gasteiger partial charge in [0, 0.05) is 26.1 Å². The first-order valence-corrected chi connectivity index (χ1v) is 6.28. The normalized spacial score (nSPS) is 25.4. The Balaban J connectivity index is 2.32. The van der Waals surface area contributed by atoms with Crippen molar-refractivity contribution < 1.29 is 4.79 Å². The number of likely N-dealkylation sites (N-methyl/N-ethyl adjacent to an activating group) is 2. The number of hydrogen-bond donors (Lipinski definition) is 2. The van der Waals surface area contributed by atoms with E-state index in [1.165, 1.54) is 0 Å². The van der Waals surface area contributed by atoms with Crippen LogP contribution in [0.25, 0.3) is 0 Å². The molecule has 1 saturated carbocycles. The minimum atomic E-state index is 0.240. The minimum Gasteiger partial charge on any atom is -0.344 e. The Bertz CT molecular complexity index is 212. The Hall–Kier alpha value is -0.610. The molecule has 1 aliphatic carbocycles. The van der Waals surface area contributed by atoms with E-state index in [1.807, 2.05) is 19.0 Å². The van der Waals surface area contributed by atoms with Crippen LogP contribution in [0.3, 0.4) is 0 Å². The number of nitrogens with one attached hydrogen (secondary N) is 1. The maximum Gasteiger partial charge on any atom is 0.225 e. The van der Waals surface area contributed by atoms with Gasteiger partial charge in [-0.3, -0.25) is 4.79 Å². The maximum absolute atomic E-state index is 12.1. The second kappa shape index (κ2) is 6.86. The smallest absolute Gasteiger partial charge is 0.225 e. The van der Waals surface area contributed by atoms with E-state index < -0.39 is 0 Å². The van der Waals surface area contributed by atoms with E-state index in [0.717, 1.165) is 45.3 Å². The topological polar surface area (TPSA) is 58.4 Å². The van der Waals surface area contributed by atoms with Crippen LogP contribution in [0.4, 0.5) is 0 Å². The Kier molecular flexibility index (Phi) is 5.77. The summed E-state index contributed by atoms with van der Waals surface area (Å²) in [6, 6.07) is 0. The summed E-state index contributed by atoms with van der Waals surface area (Å²) >= 11 is 0. The Morgan fingerprint density at radius 3 is 2.50 bits per heavy atom. The molecule has 0 unspecified atom stereocenters. The third-order valence-corrected chi connectivity index (χ3v) is 3.60. The maximum atomic E-state index is 12.1.